The standard InChI is InChI=1S/C18H21FN2O3/c1-12(11-22)21-18(23)14-4-6-15(7-5-14)20-10-13-3-8-17(24-2)16(19)9-13/h3-9,12,20,22H,10-11H2,1-2H3,(H,21,23). The number of aliphatic hydroxyl groups excluding tert-OH is 1. The van der Waals surface area contributed by atoms with E-state index in [4.69, 9.17) is 9.84 Å². The molecule has 0 aliphatic heterocycles. The minimum atomic E-state index is -0.401. The number of nitrogens with one attached hydrogen (secondary N) is 2. The van der Waals surface area contributed by atoms with Crippen molar-refractivity contribution in [3.05, 3.63) is 59.4 Å². The van der Waals surface area contributed by atoms with E-state index >= 15 is 0 Å². The molecule has 0 saturated heterocycles. The summed E-state index contributed by atoms with van der Waals surface area (Å²) in [5.74, 6) is -0.423. The SMILES string of the molecule is COc1ccc(CNc2ccc(C(=O)NC(C)CO)cc2)cc1F. The van der Waals surface area contributed by atoms with Gasteiger partial charge in [-0.2, -0.15) is 0 Å². The number of amides is 1. The minimum absolute atomic E-state index is 0.107. The van der Waals surface area contributed by atoms with Crippen LogP contribution in [0, 0.1) is 5.82 Å². The Labute approximate surface area is 140 Å². The third-order valence-electron chi connectivity index (χ3n) is 3.51. The second-order valence-corrected chi connectivity index (χ2v) is 5.46. The molecular weight excluding hydrogens is 311 g/mol. The summed E-state index contributed by atoms with van der Waals surface area (Å²) in [6, 6.07) is 11.4. The average Bonchev–Trinajstić information content (AvgIpc) is 2.60. The zero-order chi connectivity index (χ0) is 17.5. The number of methoxy groups -OCH3 is 1. The van der Waals surface area contributed by atoms with Crippen LogP contribution in [-0.2, 0) is 6.54 Å². The average molecular weight is 332 g/mol. The van der Waals surface area contributed by atoms with Gasteiger partial charge in [-0.1, -0.05) is 6.07 Å². The molecule has 5 nitrogen and oxygen atoms in total. The predicted molar refractivity (Wildman–Crippen MR) is 90.7 cm³/mol. The molecule has 1 atom stereocenters. The Morgan fingerprint density at radius 3 is 2.54 bits per heavy atom. The van der Waals surface area contributed by atoms with E-state index in [1.807, 2.05) is 0 Å². The van der Waals surface area contributed by atoms with Crippen molar-refractivity contribution < 1.29 is 19.0 Å². The lowest BCUT2D eigenvalue weighted by atomic mass is 10.1. The van der Waals surface area contributed by atoms with E-state index in [0.29, 0.717) is 12.1 Å². The lowest BCUT2D eigenvalue weighted by Gasteiger charge is -2.12. The molecule has 2 rings (SSSR count). The van der Waals surface area contributed by atoms with Gasteiger partial charge in [0.25, 0.3) is 5.91 Å². The molecule has 0 spiro atoms. The van der Waals surface area contributed by atoms with Crippen molar-refractivity contribution in [2.75, 3.05) is 19.0 Å². The van der Waals surface area contributed by atoms with Crippen molar-refractivity contribution in [1.29, 1.82) is 0 Å². The number of ether oxygens (including phenoxy) is 1. The maximum atomic E-state index is 13.6. The Kier molecular flexibility index (Phi) is 6.14. The highest BCUT2D eigenvalue weighted by atomic mass is 19.1. The van der Waals surface area contributed by atoms with E-state index in [-0.39, 0.29) is 24.3 Å². The van der Waals surface area contributed by atoms with Crippen LogP contribution in [0.1, 0.15) is 22.8 Å². The topological polar surface area (TPSA) is 70.6 Å². The Morgan fingerprint density at radius 2 is 1.96 bits per heavy atom. The molecule has 2 aromatic rings. The molecule has 128 valence electrons. The van der Waals surface area contributed by atoms with Gasteiger partial charge in [0.05, 0.1) is 13.7 Å². The van der Waals surface area contributed by atoms with Crippen molar-refractivity contribution in [3.63, 3.8) is 0 Å². The molecule has 2 aromatic carbocycles. The van der Waals surface area contributed by atoms with Crippen molar-refractivity contribution >= 4 is 11.6 Å². The van der Waals surface area contributed by atoms with E-state index in [1.54, 1.807) is 43.3 Å². The molecule has 6 heteroatoms. The second-order valence-electron chi connectivity index (χ2n) is 5.46. The van der Waals surface area contributed by atoms with Gasteiger partial charge in [0.1, 0.15) is 0 Å². The molecule has 0 aromatic heterocycles. The van der Waals surface area contributed by atoms with Crippen LogP contribution in [0.2, 0.25) is 0 Å². The summed E-state index contributed by atoms with van der Waals surface area (Å²) in [7, 11) is 1.43. The largest absolute Gasteiger partial charge is 0.494 e. The van der Waals surface area contributed by atoms with Gasteiger partial charge in [0, 0.05) is 23.8 Å². The van der Waals surface area contributed by atoms with Crippen LogP contribution < -0.4 is 15.4 Å². The predicted octanol–water partition coefficient (Wildman–Crippen LogP) is 2.56. The number of halogens is 1. The lowest BCUT2D eigenvalue weighted by molar-refractivity contribution is 0.0922. The van der Waals surface area contributed by atoms with Crippen molar-refractivity contribution in [3.8, 4) is 5.75 Å². The molecule has 0 aliphatic carbocycles. The van der Waals surface area contributed by atoms with Crippen LogP contribution in [0.3, 0.4) is 0 Å². The summed E-state index contributed by atoms with van der Waals surface area (Å²) in [6.45, 7) is 2.07. The fourth-order valence-corrected chi connectivity index (χ4v) is 2.12. The smallest absolute Gasteiger partial charge is 0.251 e. The molecule has 0 saturated carbocycles. The molecule has 1 amide bonds. The number of carbonyl (C=O) groups excluding carboxylic acids is 1. The van der Waals surface area contributed by atoms with E-state index in [2.05, 4.69) is 10.6 Å². The third-order valence-corrected chi connectivity index (χ3v) is 3.51. The zero-order valence-electron chi connectivity index (χ0n) is 13.7. The molecule has 3 N–H and O–H groups in total. The number of rotatable bonds is 7. The first-order valence-electron chi connectivity index (χ1n) is 7.61. The van der Waals surface area contributed by atoms with Gasteiger partial charge < -0.3 is 20.5 Å². The highest BCUT2D eigenvalue weighted by Gasteiger charge is 2.09. The normalized spacial score (nSPS) is 11.7. The molecule has 0 bridgehead atoms. The molecule has 0 radical (unpaired) electrons. The Balaban J connectivity index is 1.94. The monoisotopic (exact) mass is 332 g/mol. The van der Waals surface area contributed by atoms with Gasteiger partial charge in [-0.3, -0.25) is 4.79 Å². The Morgan fingerprint density at radius 1 is 1.25 bits per heavy atom. The number of hydrogen-bond donors (Lipinski definition) is 3. The summed E-state index contributed by atoms with van der Waals surface area (Å²) in [4.78, 5) is 11.9. The summed E-state index contributed by atoms with van der Waals surface area (Å²) < 4.78 is 18.5. The molecule has 0 aliphatic rings. The quantitative estimate of drug-likeness (QED) is 0.729. The van der Waals surface area contributed by atoms with Crippen LogP contribution in [0.5, 0.6) is 5.75 Å². The Hall–Kier alpha value is -2.60. The van der Waals surface area contributed by atoms with E-state index in [0.717, 1.165) is 11.3 Å². The highest BCUT2D eigenvalue weighted by Crippen LogP contribution is 2.18. The number of benzene rings is 2. The van der Waals surface area contributed by atoms with Crippen LogP contribution in [0.4, 0.5) is 10.1 Å². The van der Waals surface area contributed by atoms with Crippen LogP contribution >= 0.6 is 0 Å². The third kappa shape index (κ3) is 4.70. The highest BCUT2D eigenvalue weighted by molar-refractivity contribution is 5.94. The molecule has 0 heterocycles. The lowest BCUT2D eigenvalue weighted by Crippen LogP contribution is -2.34. The number of hydrogen-bond acceptors (Lipinski definition) is 4. The molecule has 0 fully saturated rings. The van der Waals surface area contributed by atoms with Gasteiger partial charge in [-0.05, 0) is 48.9 Å². The fraction of sp³-hybridized carbons (Fsp3) is 0.278. The van der Waals surface area contributed by atoms with E-state index in [9.17, 15) is 9.18 Å². The summed E-state index contributed by atoms with van der Waals surface area (Å²) in [5, 5.41) is 14.8. The molecule has 24 heavy (non-hydrogen) atoms. The molecular formula is C18H21FN2O3. The van der Waals surface area contributed by atoms with Gasteiger partial charge in [-0.25, -0.2) is 4.39 Å². The second kappa shape index (κ2) is 8.31. The van der Waals surface area contributed by atoms with Gasteiger partial charge in [0.15, 0.2) is 11.6 Å². The van der Waals surface area contributed by atoms with Crippen molar-refractivity contribution in [2.24, 2.45) is 0 Å². The zero-order valence-corrected chi connectivity index (χ0v) is 13.7. The van der Waals surface area contributed by atoms with Gasteiger partial charge in [0.2, 0.25) is 0 Å². The van der Waals surface area contributed by atoms with Crippen molar-refractivity contribution in [1.82, 2.24) is 5.32 Å². The maximum Gasteiger partial charge on any atom is 0.251 e. The first kappa shape index (κ1) is 17.7. The fourth-order valence-electron chi connectivity index (χ4n) is 2.12. The van der Waals surface area contributed by atoms with Crippen LogP contribution in [-0.4, -0.2) is 30.8 Å². The maximum absolute atomic E-state index is 13.6. The van der Waals surface area contributed by atoms with Crippen LogP contribution in [0.25, 0.3) is 0 Å². The summed E-state index contributed by atoms with van der Waals surface area (Å²) >= 11 is 0. The summed E-state index contributed by atoms with van der Waals surface area (Å²) in [5.41, 5.74) is 2.11. The number of anilines is 1. The number of carbonyl (C=O) groups is 1. The molecule has 1 unspecified atom stereocenters. The summed E-state index contributed by atoms with van der Waals surface area (Å²) in [6.07, 6.45) is 0. The first-order chi connectivity index (χ1) is 11.5. The van der Waals surface area contributed by atoms with Gasteiger partial charge >= 0.3 is 0 Å². The number of aliphatic hydroxyl groups is 1. The Bertz CT molecular complexity index is 689. The first-order valence-corrected chi connectivity index (χ1v) is 7.61. The van der Waals surface area contributed by atoms with E-state index in [1.165, 1.54) is 13.2 Å². The van der Waals surface area contributed by atoms with Gasteiger partial charge in [-0.15, -0.1) is 0 Å². The minimum Gasteiger partial charge on any atom is -0.494 e. The van der Waals surface area contributed by atoms with Crippen molar-refractivity contribution in [2.45, 2.75) is 19.5 Å². The van der Waals surface area contributed by atoms with Crippen LogP contribution in [0.15, 0.2) is 42.5 Å². The van der Waals surface area contributed by atoms with E-state index < -0.39 is 5.82 Å².